The van der Waals surface area contributed by atoms with Crippen LogP contribution in [-0.4, -0.2) is 16.9 Å². The molecule has 0 spiro atoms. The van der Waals surface area contributed by atoms with Crippen LogP contribution in [-0.2, 0) is 6.42 Å². The SMILES string of the molecule is C[C@@H](Cc1csc2ccccc12)NC(=O)c1cncc(Br)c1. The number of hydrogen-bond acceptors (Lipinski definition) is 3. The lowest BCUT2D eigenvalue weighted by Crippen LogP contribution is -2.34. The maximum absolute atomic E-state index is 12.2. The van der Waals surface area contributed by atoms with Gasteiger partial charge in [-0.25, -0.2) is 0 Å². The number of halogens is 1. The zero-order valence-electron chi connectivity index (χ0n) is 12.0. The largest absolute Gasteiger partial charge is 0.349 e. The van der Waals surface area contributed by atoms with E-state index >= 15 is 0 Å². The van der Waals surface area contributed by atoms with Crippen LogP contribution in [0.1, 0.15) is 22.8 Å². The molecule has 3 nitrogen and oxygen atoms in total. The average Bonchev–Trinajstić information content (AvgIpc) is 2.90. The lowest BCUT2D eigenvalue weighted by Gasteiger charge is -2.13. The van der Waals surface area contributed by atoms with Crippen molar-refractivity contribution in [2.24, 2.45) is 0 Å². The van der Waals surface area contributed by atoms with E-state index in [0.29, 0.717) is 5.56 Å². The number of carbonyl (C=O) groups excluding carboxylic acids is 1. The second-order valence-electron chi connectivity index (χ2n) is 5.23. The maximum Gasteiger partial charge on any atom is 0.253 e. The summed E-state index contributed by atoms with van der Waals surface area (Å²) in [5.41, 5.74) is 1.84. The van der Waals surface area contributed by atoms with Gasteiger partial charge in [-0.05, 0) is 57.7 Å². The molecule has 0 saturated heterocycles. The number of thiophene rings is 1. The zero-order valence-corrected chi connectivity index (χ0v) is 14.4. The van der Waals surface area contributed by atoms with Crippen LogP contribution in [0.15, 0.2) is 52.6 Å². The molecule has 2 aromatic heterocycles. The molecule has 0 bridgehead atoms. The van der Waals surface area contributed by atoms with Crippen LogP contribution in [0, 0.1) is 0 Å². The highest BCUT2D eigenvalue weighted by Crippen LogP contribution is 2.26. The Balaban J connectivity index is 1.70. The second kappa shape index (κ2) is 6.58. The molecule has 0 aliphatic rings. The topological polar surface area (TPSA) is 42.0 Å². The Morgan fingerprint density at radius 3 is 3.00 bits per heavy atom. The molecular weight excluding hydrogens is 360 g/mol. The summed E-state index contributed by atoms with van der Waals surface area (Å²) in [6.07, 6.45) is 4.06. The van der Waals surface area contributed by atoms with E-state index in [2.05, 4.69) is 49.8 Å². The van der Waals surface area contributed by atoms with Crippen molar-refractivity contribution >= 4 is 43.3 Å². The third kappa shape index (κ3) is 3.36. The number of aromatic nitrogens is 1. The van der Waals surface area contributed by atoms with Gasteiger partial charge in [0, 0.05) is 27.6 Å². The van der Waals surface area contributed by atoms with Crippen molar-refractivity contribution in [2.45, 2.75) is 19.4 Å². The number of carbonyl (C=O) groups is 1. The van der Waals surface area contributed by atoms with E-state index in [0.717, 1.165) is 10.9 Å². The Bertz CT molecular complexity index is 815. The Morgan fingerprint density at radius 2 is 2.18 bits per heavy atom. The maximum atomic E-state index is 12.2. The lowest BCUT2D eigenvalue weighted by atomic mass is 10.1. The van der Waals surface area contributed by atoms with Gasteiger partial charge in [0.2, 0.25) is 0 Å². The molecule has 5 heteroatoms. The predicted molar refractivity (Wildman–Crippen MR) is 94.4 cm³/mol. The van der Waals surface area contributed by atoms with Crippen molar-refractivity contribution < 1.29 is 4.79 Å². The van der Waals surface area contributed by atoms with Gasteiger partial charge in [-0.2, -0.15) is 0 Å². The molecule has 22 heavy (non-hydrogen) atoms. The first kappa shape index (κ1) is 15.2. The van der Waals surface area contributed by atoms with E-state index in [1.54, 1.807) is 29.8 Å². The second-order valence-corrected chi connectivity index (χ2v) is 7.05. The van der Waals surface area contributed by atoms with Crippen LogP contribution in [0.25, 0.3) is 10.1 Å². The average molecular weight is 375 g/mol. The molecule has 1 N–H and O–H groups in total. The molecular formula is C17H15BrN2OS. The van der Waals surface area contributed by atoms with E-state index in [4.69, 9.17) is 0 Å². The fourth-order valence-electron chi connectivity index (χ4n) is 2.41. The predicted octanol–water partition coefficient (Wildman–Crippen LogP) is 4.42. The van der Waals surface area contributed by atoms with E-state index in [1.165, 1.54) is 15.6 Å². The van der Waals surface area contributed by atoms with Gasteiger partial charge in [-0.15, -0.1) is 11.3 Å². The van der Waals surface area contributed by atoms with Crippen molar-refractivity contribution in [2.75, 3.05) is 0 Å². The summed E-state index contributed by atoms with van der Waals surface area (Å²) in [5.74, 6) is -0.0964. The monoisotopic (exact) mass is 374 g/mol. The first-order valence-electron chi connectivity index (χ1n) is 7.00. The van der Waals surface area contributed by atoms with Gasteiger partial charge < -0.3 is 5.32 Å². The summed E-state index contributed by atoms with van der Waals surface area (Å²) in [5, 5.41) is 6.48. The van der Waals surface area contributed by atoms with E-state index in [9.17, 15) is 4.79 Å². The van der Waals surface area contributed by atoms with Crippen molar-refractivity contribution in [1.82, 2.24) is 10.3 Å². The number of rotatable bonds is 4. The van der Waals surface area contributed by atoms with Crippen LogP contribution in [0.2, 0.25) is 0 Å². The van der Waals surface area contributed by atoms with Gasteiger partial charge in [0.05, 0.1) is 5.56 Å². The van der Waals surface area contributed by atoms with E-state index in [1.807, 2.05) is 13.0 Å². The van der Waals surface area contributed by atoms with Crippen LogP contribution in [0.3, 0.4) is 0 Å². The van der Waals surface area contributed by atoms with Crippen LogP contribution in [0.4, 0.5) is 0 Å². The number of nitrogens with one attached hydrogen (secondary N) is 1. The van der Waals surface area contributed by atoms with Crippen LogP contribution >= 0.6 is 27.3 Å². The Morgan fingerprint density at radius 1 is 1.36 bits per heavy atom. The minimum absolute atomic E-state index is 0.0597. The fraction of sp³-hybridized carbons (Fsp3) is 0.176. The molecule has 112 valence electrons. The quantitative estimate of drug-likeness (QED) is 0.734. The van der Waals surface area contributed by atoms with Crippen molar-refractivity contribution in [3.8, 4) is 0 Å². The molecule has 0 radical (unpaired) electrons. The van der Waals surface area contributed by atoms with Gasteiger partial charge in [0.15, 0.2) is 0 Å². The number of hydrogen-bond donors (Lipinski definition) is 1. The molecule has 3 rings (SSSR count). The van der Waals surface area contributed by atoms with Crippen LogP contribution in [0.5, 0.6) is 0 Å². The highest BCUT2D eigenvalue weighted by molar-refractivity contribution is 9.10. The Kier molecular flexibility index (Phi) is 4.55. The number of amides is 1. The smallest absolute Gasteiger partial charge is 0.253 e. The summed E-state index contributed by atoms with van der Waals surface area (Å²) in [7, 11) is 0. The fourth-order valence-corrected chi connectivity index (χ4v) is 3.76. The third-order valence-electron chi connectivity index (χ3n) is 3.43. The summed E-state index contributed by atoms with van der Waals surface area (Å²) >= 11 is 5.08. The molecule has 3 aromatic rings. The number of nitrogens with zero attached hydrogens (tertiary/aromatic N) is 1. The van der Waals surface area contributed by atoms with Gasteiger partial charge in [-0.1, -0.05) is 18.2 Å². The molecule has 1 aromatic carbocycles. The van der Waals surface area contributed by atoms with Crippen LogP contribution < -0.4 is 5.32 Å². The minimum atomic E-state index is -0.0964. The lowest BCUT2D eigenvalue weighted by molar-refractivity contribution is 0.0939. The number of fused-ring (bicyclic) bond motifs is 1. The number of benzene rings is 1. The first-order chi connectivity index (χ1) is 10.6. The summed E-state index contributed by atoms with van der Waals surface area (Å²) in [6, 6.07) is 10.2. The highest BCUT2D eigenvalue weighted by atomic mass is 79.9. The van der Waals surface area contributed by atoms with Crippen molar-refractivity contribution in [3.63, 3.8) is 0 Å². The normalized spacial score (nSPS) is 12.3. The molecule has 0 unspecified atom stereocenters. The van der Waals surface area contributed by atoms with Gasteiger partial charge in [0.1, 0.15) is 0 Å². The summed E-state index contributed by atoms with van der Waals surface area (Å²) < 4.78 is 2.09. The molecule has 1 amide bonds. The van der Waals surface area contributed by atoms with Crippen molar-refractivity contribution in [3.05, 3.63) is 63.7 Å². The highest BCUT2D eigenvalue weighted by Gasteiger charge is 2.13. The van der Waals surface area contributed by atoms with E-state index < -0.39 is 0 Å². The molecule has 0 fully saturated rings. The molecule has 1 atom stereocenters. The Labute approximate surface area is 141 Å². The summed E-state index contributed by atoms with van der Waals surface area (Å²) in [6.45, 7) is 2.02. The minimum Gasteiger partial charge on any atom is -0.349 e. The molecule has 2 heterocycles. The molecule has 0 saturated carbocycles. The summed E-state index contributed by atoms with van der Waals surface area (Å²) in [4.78, 5) is 16.3. The van der Waals surface area contributed by atoms with Gasteiger partial charge >= 0.3 is 0 Å². The first-order valence-corrected chi connectivity index (χ1v) is 8.67. The zero-order chi connectivity index (χ0) is 15.5. The van der Waals surface area contributed by atoms with Crippen molar-refractivity contribution in [1.29, 1.82) is 0 Å². The number of pyridine rings is 1. The Hall–Kier alpha value is -1.72. The standard InChI is InChI=1S/C17H15BrN2OS/c1-11(20-17(21)12-7-14(18)9-19-8-12)6-13-10-22-16-5-3-2-4-15(13)16/h2-5,7-11H,6H2,1H3,(H,20,21)/t11-/m0/s1. The molecule has 0 aliphatic carbocycles. The molecule has 0 aliphatic heterocycles. The third-order valence-corrected chi connectivity index (χ3v) is 4.88. The van der Waals surface area contributed by atoms with E-state index in [-0.39, 0.29) is 11.9 Å². The van der Waals surface area contributed by atoms with Gasteiger partial charge in [0.25, 0.3) is 5.91 Å². The van der Waals surface area contributed by atoms with Gasteiger partial charge in [-0.3, -0.25) is 9.78 Å².